The molecule has 1 amide bonds. The Kier molecular flexibility index (Phi) is 4.54. The fraction of sp³-hybridized carbons (Fsp3) is 0.231. The number of aromatic amines is 1. The van der Waals surface area contributed by atoms with Crippen molar-refractivity contribution in [3.8, 4) is 0 Å². The summed E-state index contributed by atoms with van der Waals surface area (Å²) >= 11 is 5.71. The zero-order valence-electron chi connectivity index (χ0n) is 11.2. The summed E-state index contributed by atoms with van der Waals surface area (Å²) in [6, 6.07) is 5.58. The lowest BCUT2D eigenvalue weighted by molar-refractivity contribution is -0.385. The highest BCUT2D eigenvalue weighted by Gasteiger charge is 2.21. The number of aromatic nitrogens is 2. The van der Waals surface area contributed by atoms with Gasteiger partial charge in [-0.3, -0.25) is 20.0 Å². The van der Waals surface area contributed by atoms with Gasteiger partial charge in [-0.2, -0.15) is 5.10 Å². The Morgan fingerprint density at radius 3 is 2.90 bits per heavy atom. The predicted molar refractivity (Wildman–Crippen MR) is 78.6 cm³/mol. The Balaban J connectivity index is 2.21. The van der Waals surface area contributed by atoms with Gasteiger partial charge in [0, 0.05) is 22.8 Å². The van der Waals surface area contributed by atoms with Gasteiger partial charge in [-0.25, -0.2) is 0 Å². The molecule has 0 aliphatic heterocycles. The largest absolute Gasteiger partial charge is 0.305 e. The van der Waals surface area contributed by atoms with Crippen LogP contribution in [-0.4, -0.2) is 21.0 Å². The number of anilines is 1. The summed E-state index contributed by atoms with van der Waals surface area (Å²) < 4.78 is 0. The Morgan fingerprint density at radius 1 is 1.48 bits per heavy atom. The van der Waals surface area contributed by atoms with E-state index in [9.17, 15) is 14.9 Å². The molecule has 0 aliphatic carbocycles. The molecular weight excluding hydrogens is 296 g/mol. The van der Waals surface area contributed by atoms with Crippen LogP contribution >= 0.6 is 11.6 Å². The van der Waals surface area contributed by atoms with Crippen LogP contribution in [0.25, 0.3) is 0 Å². The van der Waals surface area contributed by atoms with Crippen LogP contribution in [0.5, 0.6) is 0 Å². The average molecular weight is 309 g/mol. The van der Waals surface area contributed by atoms with Crippen LogP contribution in [-0.2, 0) is 6.42 Å². The van der Waals surface area contributed by atoms with Crippen molar-refractivity contribution in [1.82, 2.24) is 10.2 Å². The highest BCUT2D eigenvalue weighted by atomic mass is 35.5. The van der Waals surface area contributed by atoms with E-state index in [4.69, 9.17) is 11.6 Å². The number of benzene rings is 1. The first kappa shape index (κ1) is 15.0. The SMILES string of the molecule is CCCc1cc(NC(=O)c2ccc(Cl)cc2[N+](=O)[O-])n[nH]1. The first-order chi connectivity index (χ1) is 10.0. The molecule has 0 saturated carbocycles. The van der Waals surface area contributed by atoms with E-state index in [2.05, 4.69) is 15.5 Å². The minimum atomic E-state index is -0.645. The van der Waals surface area contributed by atoms with Crippen LogP contribution in [0.4, 0.5) is 11.5 Å². The lowest BCUT2D eigenvalue weighted by Gasteiger charge is -2.03. The third-order valence-electron chi connectivity index (χ3n) is 2.79. The molecule has 0 radical (unpaired) electrons. The zero-order chi connectivity index (χ0) is 15.4. The molecule has 2 N–H and O–H groups in total. The second-order valence-electron chi connectivity index (χ2n) is 4.40. The monoisotopic (exact) mass is 308 g/mol. The summed E-state index contributed by atoms with van der Waals surface area (Å²) in [7, 11) is 0. The first-order valence-electron chi connectivity index (χ1n) is 6.31. The number of carbonyl (C=O) groups excluding carboxylic acids is 1. The lowest BCUT2D eigenvalue weighted by atomic mass is 10.1. The fourth-order valence-corrected chi connectivity index (χ4v) is 2.02. The number of H-pyrrole nitrogens is 1. The summed E-state index contributed by atoms with van der Waals surface area (Å²) in [6.07, 6.45) is 1.75. The molecule has 1 heterocycles. The second-order valence-corrected chi connectivity index (χ2v) is 4.84. The van der Waals surface area contributed by atoms with Crippen molar-refractivity contribution in [1.29, 1.82) is 0 Å². The van der Waals surface area contributed by atoms with Gasteiger partial charge in [-0.1, -0.05) is 24.9 Å². The standard InChI is InChI=1S/C13H13ClN4O3/c1-2-3-9-7-12(17-16-9)15-13(19)10-5-4-8(14)6-11(10)18(20)21/h4-7H,2-3H2,1H3,(H2,15,16,17,19). The molecule has 1 aromatic carbocycles. The summed E-state index contributed by atoms with van der Waals surface area (Å²) in [5.74, 6) is -0.277. The van der Waals surface area contributed by atoms with Crippen molar-refractivity contribution in [2.75, 3.05) is 5.32 Å². The molecule has 0 spiro atoms. The quantitative estimate of drug-likeness (QED) is 0.654. The number of nitro groups is 1. The number of aryl methyl sites for hydroxylation is 1. The third-order valence-corrected chi connectivity index (χ3v) is 3.03. The van der Waals surface area contributed by atoms with Crippen LogP contribution in [0.1, 0.15) is 29.4 Å². The zero-order valence-corrected chi connectivity index (χ0v) is 12.0. The molecule has 0 aliphatic rings. The van der Waals surface area contributed by atoms with Crippen molar-refractivity contribution < 1.29 is 9.72 Å². The van der Waals surface area contributed by atoms with Crippen LogP contribution in [0, 0.1) is 10.1 Å². The summed E-state index contributed by atoms with van der Waals surface area (Å²) in [5.41, 5.74) is 0.479. The van der Waals surface area contributed by atoms with Gasteiger partial charge in [-0.05, 0) is 18.6 Å². The topological polar surface area (TPSA) is 101 Å². The van der Waals surface area contributed by atoms with Crippen molar-refractivity contribution >= 4 is 29.0 Å². The fourth-order valence-electron chi connectivity index (χ4n) is 1.85. The van der Waals surface area contributed by atoms with Gasteiger partial charge in [0.1, 0.15) is 5.56 Å². The summed E-state index contributed by atoms with van der Waals surface area (Å²) in [4.78, 5) is 22.4. The van der Waals surface area contributed by atoms with Crippen LogP contribution < -0.4 is 5.32 Å². The van der Waals surface area contributed by atoms with E-state index in [-0.39, 0.29) is 16.3 Å². The number of carbonyl (C=O) groups is 1. The van der Waals surface area contributed by atoms with Crippen LogP contribution in [0.3, 0.4) is 0 Å². The van der Waals surface area contributed by atoms with E-state index in [0.717, 1.165) is 24.6 Å². The Morgan fingerprint density at radius 2 is 2.24 bits per heavy atom. The molecule has 0 unspecified atom stereocenters. The molecule has 0 bridgehead atoms. The van der Waals surface area contributed by atoms with Crippen LogP contribution in [0.15, 0.2) is 24.3 Å². The highest BCUT2D eigenvalue weighted by molar-refractivity contribution is 6.31. The molecule has 0 saturated heterocycles. The normalized spacial score (nSPS) is 10.4. The number of rotatable bonds is 5. The minimum absolute atomic E-state index is 0.0653. The molecule has 110 valence electrons. The van der Waals surface area contributed by atoms with Gasteiger partial charge in [-0.15, -0.1) is 0 Å². The molecule has 8 heteroatoms. The van der Waals surface area contributed by atoms with Crippen molar-refractivity contribution in [3.63, 3.8) is 0 Å². The van der Waals surface area contributed by atoms with Gasteiger partial charge < -0.3 is 5.32 Å². The van der Waals surface area contributed by atoms with Gasteiger partial charge in [0.05, 0.1) is 4.92 Å². The Labute approximate surface area is 125 Å². The smallest absolute Gasteiger partial charge is 0.283 e. The number of halogens is 1. The number of nitrogens with one attached hydrogen (secondary N) is 2. The van der Waals surface area contributed by atoms with E-state index in [1.165, 1.54) is 12.1 Å². The van der Waals surface area contributed by atoms with Gasteiger partial charge >= 0.3 is 0 Å². The van der Waals surface area contributed by atoms with Crippen molar-refractivity contribution in [3.05, 3.63) is 50.7 Å². The van der Waals surface area contributed by atoms with E-state index >= 15 is 0 Å². The molecule has 7 nitrogen and oxygen atoms in total. The molecular formula is C13H13ClN4O3. The van der Waals surface area contributed by atoms with E-state index in [1.807, 2.05) is 6.92 Å². The molecule has 0 atom stereocenters. The maximum absolute atomic E-state index is 12.1. The van der Waals surface area contributed by atoms with E-state index < -0.39 is 10.8 Å². The van der Waals surface area contributed by atoms with Gasteiger partial charge in [0.25, 0.3) is 11.6 Å². The van der Waals surface area contributed by atoms with Crippen LogP contribution in [0.2, 0.25) is 5.02 Å². The maximum Gasteiger partial charge on any atom is 0.283 e. The number of nitrogens with zero attached hydrogens (tertiary/aromatic N) is 2. The maximum atomic E-state index is 12.1. The minimum Gasteiger partial charge on any atom is -0.305 e. The number of nitro benzene ring substituents is 1. The van der Waals surface area contributed by atoms with Gasteiger partial charge in [0.2, 0.25) is 0 Å². The summed E-state index contributed by atoms with van der Waals surface area (Å²) in [6.45, 7) is 2.02. The molecule has 2 rings (SSSR count). The summed E-state index contributed by atoms with van der Waals surface area (Å²) in [5, 5.41) is 20.4. The van der Waals surface area contributed by atoms with E-state index in [1.54, 1.807) is 6.07 Å². The molecule has 21 heavy (non-hydrogen) atoms. The van der Waals surface area contributed by atoms with Gasteiger partial charge in [0.15, 0.2) is 5.82 Å². The number of hydrogen-bond acceptors (Lipinski definition) is 4. The third kappa shape index (κ3) is 3.57. The second kappa shape index (κ2) is 6.36. The molecule has 2 aromatic rings. The van der Waals surface area contributed by atoms with Crippen molar-refractivity contribution in [2.45, 2.75) is 19.8 Å². The average Bonchev–Trinajstić information content (AvgIpc) is 2.86. The lowest BCUT2D eigenvalue weighted by Crippen LogP contribution is -2.14. The molecule has 1 aromatic heterocycles. The highest BCUT2D eigenvalue weighted by Crippen LogP contribution is 2.24. The first-order valence-corrected chi connectivity index (χ1v) is 6.68. The van der Waals surface area contributed by atoms with E-state index in [0.29, 0.717) is 5.82 Å². The van der Waals surface area contributed by atoms with Crippen molar-refractivity contribution in [2.24, 2.45) is 0 Å². The number of amides is 1. The molecule has 0 fully saturated rings. The Bertz CT molecular complexity index is 684. The predicted octanol–water partition coefficient (Wildman–Crippen LogP) is 3.18. The Hall–Kier alpha value is -2.41. The number of hydrogen-bond donors (Lipinski definition) is 2.